The summed E-state index contributed by atoms with van der Waals surface area (Å²) in [6, 6.07) is 11.7. The van der Waals surface area contributed by atoms with E-state index in [1.807, 2.05) is 48.5 Å². The molecule has 2 fully saturated rings. The van der Waals surface area contributed by atoms with E-state index in [0.29, 0.717) is 36.2 Å². The van der Waals surface area contributed by atoms with Crippen molar-refractivity contribution in [1.82, 2.24) is 65.4 Å². The summed E-state index contributed by atoms with van der Waals surface area (Å²) in [6.45, 7) is 19.7. The topological polar surface area (TPSA) is 319 Å². The lowest BCUT2D eigenvalue weighted by molar-refractivity contribution is -0.154. The van der Waals surface area contributed by atoms with Crippen molar-refractivity contribution < 1.29 is 67.4 Å². The van der Waals surface area contributed by atoms with Crippen molar-refractivity contribution in [3.63, 3.8) is 0 Å². The van der Waals surface area contributed by atoms with Crippen LogP contribution in [0.1, 0.15) is 151 Å². The van der Waals surface area contributed by atoms with Crippen LogP contribution in [0.25, 0.3) is 0 Å². The molecule has 596 valence electrons. The summed E-state index contributed by atoms with van der Waals surface area (Å²) < 4.78 is 0. The first-order valence-electron chi connectivity index (χ1n) is 38.2. The number of aliphatic hydroxyl groups is 1. The van der Waals surface area contributed by atoms with Crippen LogP contribution in [-0.4, -0.2) is 275 Å². The number of hydrogen-bond acceptors (Lipinski definition) is 14. The third-order valence-electron chi connectivity index (χ3n) is 21.2. The van der Waals surface area contributed by atoms with Gasteiger partial charge in [-0.05, 0) is 99.7 Å². The quantitative estimate of drug-likeness (QED) is 0.105. The second kappa shape index (κ2) is 41.9. The Labute approximate surface area is 639 Å². The smallest absolute Gasteiger partial charge is 0.248 e. The molecular weight excluding hydrogens is 1380 g/mol. The van der Waals surface area contributed by atoms with Crippen molar-refractivity contribution in [3.05, 3.63) is 108 Å². The standard InChI is InChI=1S/C81H123N13O14/c1-20-53(8)69-80(107)92(18)64(44-51(4)5)77(104)87(13)55(10)75(102)88(14)61(43-50(2)3)72(99)83-60(76(103)89(15)62(46-57-33-25-21-26-34-57)71(98)82-54(9)74(101)94-40-31-24-32-41-94)49-68(97)86(12)42-39-67(96)84-70(56(11)95)81(108)93(19)66(48-59-37-29-23-30-38-59)79(106)91(17)65(45-52(6)7)78(105)90(16)63(73(100)85-69)47-58-35-27-22-28-36-58/h21-23,25-30,33-38,50-56,60-66,69-70,95H,20,24,31-32,39-49H2,1-19H3,(H,82,98)(H,83,99)(H,84,96)(H,85,100)/t53-,54-,55-,56+,60-,61-,62-,63-,64-,65-,66-,69-,70-/m0/s1. The molecule has 0 aromatic heterocycles. The van der Waals surface area contributed by atoms with Crippen LogP contribution >= 0.6 is 0 Å². The molecule has 0 aliphatic carbocycles. The van der Waals surface area contributed by atoms with Crippen LogP contribution in [-0.2, 0) is 81.6 Å². The van der Waals surface area contributed by atoms with Gasteiger partial charge in [-0.3, -0.25) is 62.3 Å². The number of carbonyl (C=O) groups excluding carboxylic acids is 13. The highest BCUT2D eigenvalue weighted by Gasteiger charge is 2.45. The number of nitrogens with zero attached hydrogens (tertiary/aromatic N) is 9. The van der Waals surface area contributed by atoms with Crippen LogP contribution < -0.4 is 21.3 Å². The molecule has 0 saturated carbocycles. The van der Waals surface area contributed by atoms with Crippen LogP contribution in [0.3, 0.4) is 0 Å². The summed E-state index contributed by atoms with van der Waals surface area (Å²) in [5, 5.41) is 22.6. The Hall–Kier alpha value is -9.27. The molecule has 0 radical (unpaired) electrons. The first kappa shape index (κ1) is 89.4. The van der Waals surface area contributed by atoms with Crippen molar-refractivity contribution >= 4 is 76.8 Å². The Balaban J connectivity index is 1.69. The average Bonchev–Trinajstić information content (AvgIpc) is 0.788. The van der Waals surface area contributed by atoms with Gasteiger partial charge in [0.1, 0.15) is 66.5 Å². The maximum atomic E-state index is 15.6. The minimum atomic E-state index is -1.76. The van der Waals surface area contributed by atoms with E-state index in [-0.39, 0.29) is 68.7 Å². The molecule has 3 aromatic carbocycles. The number of carbonyl (C=O) groups is 13. The molecule has 0 bridgehead atoms. The summed E-state index contributed by atoms with van der Waals surface area (Å²) in [5.41, 5.74) is 1.92. The fourth-order valence-electron chi connectivity index (χ4n) is 13.8. The van der Waals surface area contributed by atoms with E-state index in [9.17, 15) is 24.3 Å². The molecule has 13 atom stereocenters. The predicted molar refractivity (Wildman–Crippen MR) is 412 cm³/mol. The van der Waals surface area contributed by atoms with Gasteiger partial charge in [0, 0.05) is 102 Å². The molecule has 2 saturated heterocycles. The van der Waals surface area contributed by atoms with Gasteiger partial charge >= 0.3 is 0 Å². The number of amides is 13. The second-order valence-electron chi connectivity index (χ2n) is 31.0. The van der Waals surface area contributed by atoms with Crippen molar-refractivity contribution in [1.29, 1.82) is 0 Å². The lowest BCUT2D eigenvalue weighted by Gasteiger charge is -2.40. The van der Waals surface area contributed by atoms with E-state index >= 15 is 43.2 Å². The lowest BCUT2D eigenvalue weighted by atomic mass is 9.94. The van der Waals surface area contributed by atoms with Gasteiger partial charge < -0.3 is 70.5 Å². The molecule has 3 aromatic rings. The molecule has 5 rings (SSSR count). The third-order valence-corrected chi connectivity index (χ3v) is 21.2. The van der Waals surface area contributed by atoms with Gasteiger partial charge in [0.25, 0.3) is 0 Å². The van der Waals surface area contributed by atoms with E-state index in [1.54, 1.807) is 110 Å². The number of aliphatic hydroxyl groups excluding tert-OH is 1. The highest BCUT2D eigenvalue weighted by Crippen LogP contribution is 2.26. The van der Waals surface area contributed by atoms with Gasteiger partial charge in [-0.25, -0.2) is 0 Å². The van der Waals surface area contributed by atoms with Gasteiger partial charge in [0.05, 0.1) is 12.5 Å². The molecule has 0 unspecified atom stereocenters. The van der Waals surface area contributed by atoms with E-state index in [1.165, 1.54) is 94.7 Å². The Morgan fingerprint density at radius 3 is 1.44 bits per heavy atom. The minimum Gasteiger partial charge on any atom is -0.391 e. The molecule has 2 heterocycles. The van der Waals surface area contributed by atoms with E-state index in [4.69, 9.17) is 0 Å². The fourth-order valence-corrected chi connectivity index (χ4v) is 13.8. The second-order valence-corrected chi connectivity index (χ2v) is 31.0. The van der Waals surface area contributed by atoms with Gasteiger partial charge in [0.2, 0.25) is 76.8 Å². The SMILES string of the molecule is CC[C@H](C)[C@@H]1NC(=O)[C@H](Cc2ccccc2)N(C)C(=O)[C@H](CC(C)C)N(C)C(=O)[C@H](Cc2ccccc2)N(C)C(=O)[C@H]([C@@H](C)O)NC(=O)CCN(C)C(=O)C[C@@H](C(=O)N(C)[C@@H](Cc2ccccc2)C(=O)N[C@@H](C)C(=O)N2CCCCC2)NC(=O)[C@H](CC(C)C)N(C)C(=O)[C@H](C)N(C)C(=O)[C@H](CC(C)C)N(C)C1=O. The Kier molecular flexibility index (Phi) is 34.7. The molecular formula is C81H123N13O14. The van der Waals surface area contributed by atoms with Crippen molar-refractivity contribution in [2.24, 2.45) is 23.7 Å². The monoisotopic (exact) mass is 1500 g/mol. The molecule has 2 aliphatic heterocycles. The summed E-state index contributed by atoms with van der Waals surface area (Å²) >= 11 is 0. The molecule has 27 nitrogen and oxygen atoms in total. The van der Waals surface area contributed by atoms with Crippen LogP contribution in [0.5, 0.6) is 0 Å². The molecule has 108 heavy (non-hydrogen) atoms. The third kappa shape index (κ3) is 24.6. The van der Waals surface area contributed by atoms with Crippen molar-refractivity contribution in [2.45, 2.75) is 226 Å². The maximum absolute atomic E-state index is 15.6. The van der Waals surface area contributed by atoms with E-state index in [0.717, 1.165) is 34.0 Å². The van der Waals surface area contributed by atoms with Crippen LogP contribution in [0.2, 0.25) is 0 Å². The Morgan fingerprint density at radius 1 is 0.509 bits per heavy atom. The fraction of sp³-hybridized carbons (Fsp3) is 0.617. The average molecular weight is 1500 g/mol. The highest BCUT2D eigenvalue weighted by atomic mass is 16.3. The zero-order chi connectivity index (χ0) is 80.7. The zero-order valence-corrected chi connectivity index (χ0v) is 67.3. The summed E-state index contributed by atoms with van der Waals surface area (Å²) in [5.74, 6) is -10.6. The summed E-state index contributed by atoms with van der Waals surface area (Å²) in [6.07, 6.45) is 0.103. The molecule has 2 aliphatic rings. The van der Waals surface area contributed by atoms with E-state index < -0.39 is 162 Å². The first-order chi connectivity index (χ1) is 50.8. The Bertz CT molecular complexity index is 3540. The molecule has 27 heteroatoms. The van der Waals surface area contributed by atoms with Crippen molar-refractivity contribution in [3.8, 4) is 0 Å². The number of hydrogen-bond donors (Lipinski definition) is 5. The number of likely N-dealkylation sites (tertiary alicyclic amines) is 1. The maximum Gasteiger partial charge on any atom is 0.248 e. The van der Waals surface area contributed by atoms with E-state index in [2.05, 4.69) is 21.3 Å². The van der Waals surface area contributed by atoms with Gasteiger partial charge in [0.15, 0.2) is 0 Å². The number of benzene rings is 3. The Morgan fingerprint density at radius 2 is 0.935 bits per heavy atom. The molecule has 0 spiro atoms. The van der Waals surface area contributed by atoms with Crippen LogP contribution in [0.15, 0.2) is 91.0 Å². The largest absolute Gasteiger partial charge is 0.391 e. The van der Waals surface area contributed by atoms with Gasteiger partial charge in [-0.1, -0.05) is 153 Å². The summed E-state index contributed by atoms with van der Waals surface area (Å²) in [4.78, 5) is 207. The summed E-state index contributed by atoms with van der Waals surface area (Å²) in [7, 11) is 11.2. The number of piperidine rings is 1. The zero-order valence-electron chi connectivity index (χ0n) is 67.3. The van der Waals surface area contributed by atoms with Crippen LogP contribution in [0, 0.1) is 23.7 Å². The van der Waals surface area contributed by atoms with Crippen LogP contribution in [0.4, 0.5) is 0 Å². The van der Waals surface area contributed by atoms with Gasteiger partial charge in [-0.2, -0.15) is 0 Å². The highest BCUT2D eigenvalue weighted by molar-refractivity contribution is 6.00. The number of rotatable bonds is 20. The number of likely N-dealkylation sites (N-methyl/N-ethyl adjacent to an activating group) is 7. The normalized spacial score (nSPS) is 23.9. The minimum absolute atomic E-state index is 0.00244. The van der Waals surface area contributed by atoms with Crippen molar-refractivity contribution in [2.75, 3.05) is 76.0 Å². The molecule has 5 N–H and O–H groups in total. The lowest BCUT2D eigenvalue weighted by Crippen LogP contribution is -2.62. The van der Waals surface area contributed by atoms with Gasteiger partial charge in [-0.15, -0.1) is 0 Å². The molecule has 13 amide bonds. The first-order valence-corrected chi connectivity index (χ1v) is 38.2. The number of nitrogens with one attached hydrogen (secondary N) is 4. The predicted octanol–water partition coefficient (Wildman–Crippen LogP) is 4.31.